The van der Waals surface area contributed by atoms with Gasteiger partial charge in [-0.15, -0.1) is 0 Å². The van der Waals surface area contributed by atoms with E-state index in [9.17, 15) is 0 Å². The largest absolute Gasteiger partial charge is 0.493 e. The zero-order chi connectivity index (χ0) is 24.0. The van der Waals surface area contributed by atoms with Crippen LogP contribution >= 0.6 is 0 Å². The molecule has 1 spiro atoms. The minimum atomic E-state index is -0.504. The van der Waals surface area contributed by atoms with Crippen LogP contribution in [0.15, 0.2) is 30.7 Å². The summed E-state index contributed by atoms with van der Waals surface area (Å²) in [7, 11) is 1.57. The molecule has 0 aliphatic carbocycles. The highest BCUT2D eigenvalue weighted by Crippen LogP contribution is 2.38. The summed E-state index contributed by atoms with van der Waals surface area (Å²) in [5.74, 6) is 0.808. The van der Waals surface area contributed by atoms with Gasteiger partial charge in [-0.25, -0.2) is 19.3 Å². The van der Waals surface area contributed by atoms with Crippen molar-refractivity contribution in [2.24, 2.45) is 5.41 Å². The summed E-state index contributed by atoms with van der Waals surface area (Å²) in [6.45, 7) is 7.40. The van der Waals surface area contributed by atoms with E-state index in [1.807, 2.05) is 6.92 Å². The standard InChI is InChI=1S/C25H26FN5O4/c1-15-6-17-22(26)21(9-27-23(17)30-15)35-24-16-7-19(32-2)20(8-18(16)28-14-29-24)34-5-3-4-31-10-25(11-31)12-33-13-25/h6-9,14H,3-5,10-13H2,1-2H3,(H,27,30). The Morgan fingerprint density at radius 2 is 1.94 bits per heavy atom. The van der Waals surface area contributed by atoms with E-state index < -0.39 is 5.82 Å². The Kier molecular flexibility index (Phi) is 5.42. The number of H-pyrrole nitrogens is 1. The van der Waals surface area contributed by atoms with Gasteiger partial charge in [0.2, 0.25) is 5.88 Å². The Bertz CT molecular complexity index is 1400. The van der Waals surface area contributed by atoms with Crippen molar-refractivity contribution < 1.29 is 23.3 Å². The van der Waals surface area contributed by atoms with E-state index in [0.717, 1.165) is 45.0 Å². The van der Waals surface area contributed by atoms with Crippen LogP contribution in [-0.2, 0) is 4.74 Å². The van der Waals surface area contributed by atoms with Gasteiger partial charge in [0.1, 0.15) is 12.0 Å². The van der Waals surface area contributed by atoms with Crippen LogP contribution in [0.3, 0.4) is 0 Å². The van der Waals surface area contributed by atoms with Gasteiger partial charge >= 0.3 is 0 Å². The number of rotatable bonds is 8. The number of pyridine rings is 1. The Balaban J connectivity index is 1.17. The number of aryl methyl sites for hydroxylation is 1. The number of nitrogens with one attached hydrogen (secondary N) is 1. The van der Waals surface area contributed by atoms with Crippen LogP contribution in [0.1, 0.15) is 12.1 Å². The maximum Gasteiger partial charge on any atom is 0.230 e. The highest BCUT2D eigenvalue weighted by molar-refractivity contribution is 5.87. The molecule has 0 atom stereocenters. The lowest BCUT2D eigenvalue weighted by Gasteiger charge is -2.55. The SMILES string of the molecule is COc1cc2c(Oc3cnc4[nH]c(C)cc4c3F)ncnc2cc1OCCCN1CC2(COC2)C1. The van der Waals surface area contributed by atoms with Crippen molar-refractivity contribution in [2.45, 2.75) is 13.3 Å². The molecule has 0 radical (unpaired) electrons. The summed E-state index contributed by atoms with van der Waals surface area (Å²) in [5, 5.41) is 0.941. The second kappa shape index (κ2) is 8.62. The maximum absolute atomic E-state index is 15.0. The van der Waals surface area contributed by atoms with Crippen molar-refractivity contribution in [1.82, 2.24) is 24.8 Å². The van der Waals surface area contributed by atoms with Crippen LogP contribution in [0.2, 0.25) is 0 Å². The predicted molar refractivity (Wildman–Crippen MR) is 127 cm³/mol. The van der Waals surface area contributed by atoms with Gasteiger partial charge in [0.15, 0.2) is 23.1 Å². The molecule has 9 nitrogen and oxygen atoms in total. The third-order valence-electron chi connectivity index (χ3n) is 6.60. The number of methoxy groups -OCH3 is 1. The second-order valence-corrected chi connectivity index (χ2v) is 9.36. The van der Waals surface area contributed by atoms with Crippen molar-refractivity contribution >= 4 is 21.9 Å². The molecule has 2 aliphatic rings. The molecule has 0 bridgehead atoms. The van der Waals surface area contributed by atoms with Crippen molar-refractivity contribution in [1.29, 1.82) is 0 Å². The number of ether oxygens (including phenoxy) is 4. The smallest absolute Gasteiger partial charge is 0.230 e. The summed E-state index contributed by atoms with van der Waals surface area (Å²) in [6.07, 6.45) is 3.62. The number of hydrogen-bond acceptors (Lipinski definition) is 8. The fourth-order valence-electron chi connectivity index (χ4n) is 4.83. The number of fused-ring (bicyclic) bond motifs is 2. The van der Waals surface area contributed by atoms with E-state index in [4.69, 9.17) is 18.9 Å². The molecule has 2 saturated heterocycles. The molecule has 0 unspecified atom stereocenters. The van der Waals surface area contributed by atoms with Gasteiger partial charge in [0, 0.05) is 36.8 Å². The molecule has 2 fully saturated rings. The fourth-order valence-corrected chi connectivity index (χ4v) is 4.83. The summed E-state index contributed by atoms with van der Waals surface area (Å²) < 4.78 is 37.8. The molecule has 5 heterocycles. The molecule has 1 N–H and O–H groups in total. The first-order valence-corrected chi connectivity index (χ1v) is 11.6. The van der Waals surface area contributed by atoms with E-state index in [-0.39, 0.29) is 11.6 Å². The van der Waals surface area contributed by atoms with E-state index >= 15 is 4.39 Å². The van der Waals surface area contributed by atoms with Crippen LogP contribution in [0.25, 0.3) is 21.9 Å². The van der Waals surface area contributed by atoms with Crippen LogP contribution in [0.5, 0.6) is 23.1 Å². The lowest BCUT2D eigenvalue weighted by Crippen LogP contribution is -2.65. The van der Waals surface area contributed by atoms with Crippen LogP contribution in [0.4, 0.5) is 4.39 Å². The summed E-state index contributed by atoms with van der Waals surface area (Å²) >= 11 is 0. The van der Waals surface area contributed by atoms with Gasteiger partial charge in [-0.1, -0.05) is 0 Å². The number of nitrogens with zero attached hydrogens (tertiary/aromatic N) is 4. The van der Waals surface area contributed by atoms with E-state index in [2.05, 4.69) is 24.8 Å². The molecule has 2 aliphatic heterocycles. The molecule has 35 heavy (non-hydrogen) atoms. The monoisotopic (exact) mass is 479 g/mol. The first-order chi connectivity index (χ1) is 17.0. The van der Waals surface area contributed by atoms with Gasteiger partial charge in [-0.3, -0.25) is 0 Å². The number of aromatic nitrogens is 4. The molecule has 10 heteroatoms. The van der Waals surface area contributed by atoms with Gasteiger partial charge in [0.25, 0.3) is 0 Å². The number of hydrogen-bond donors (Lipinski definition) is 1. The normalized spacial score (nSPS) is 16.9. The number of halogens is 1. The Labute approximate surface area is 201 Å². The van der Waals surface area contributed by atoms with E-state index in [1.165, 1.54) is 12.5 Å². The summed E-state index contributed by atoms with van der Waals surface area (Å²) in [6, 6.07) is 5.23. The van der Waals surface area contributed by atoms with Crippen LogP contribution in [-0.4, -0.2) is 71.4 Å². The molecule has 3 aromatic heterocycles. The Morgan fingerprint density at radius 3 is 2.71 bits per heavy atom. The van der Waals surface area contributed by atoms with Crippen LogP contribution in [0, 0.1) is 18.2 Å². The lowest BCUT2D eigenvalue weighted by atomic mass is 9.78. The molecule has 0 amide bonds. The molecular formula is C25H26FN5O4. The van der Waals surface area contributed by atoms with Crippen molar-refractivity contribution in [3.63, 3.8) is 0 Å². The van der Waals surface area contributed by atoms with Gasteiger partial charge < -0.3 is 28.8 Å². The summed E-state index contributed by atoms with van der Waals surface area (Å²) in [4.78, 5) is 18.3. The molecule has 1 aromatic carbocycles. The minimum absolute atomic E-state index is 0.0166. The average molecular weight is 480 g/mol. The molecule has 6 rings (SSSR count). The molecular weight excluding hydrogens is 453 g/mol. The van der Waals surface area contributed by atoms with Gasteiger partial charge in [-0.05, 0) is 25.5 Å². The van der Waals surface area contributed by atoms with E-state index in [0.29, 0.717) is 45.5 Å². The zero-order valence-electron chi connectivity index (χ0n) is 19.6. The Morgan fingerprint density at radius 1 is 1.09 bits per heavy atom. The highest BCUT2D eigenvalue weighted by atomic mass is 19.1. The van der Waals surface area contributed by atoms with Crippen molar-refractivity contribution in [2.75, 3.05) is 46.6 Å². The highest BCUT2D eigenvalue weighted by Gasteiger charge is 2.48. The Hall–Kier alpha value is -3.50. The van der Waals surface area contributed by atoms with Gasteiger partial charge in [0.05, 0.1) is 49.4 Å². The first-order valence-electron chi connectivity index (χ1n) is 11.6. The minimum Gasteiger partial charge on any atom is -0.493 e. The lowest BCUT2D eigenvalue weighted by molar-refractivity contribution is -0.189. The zero-order valence-corrected chi connectivity index (χ0v) is 19.6. The van der Waals surface area contributed by atoms with Crippen molar-refractivity contribution in [3.05, 3.63) is 42.2 Å². The second-order valence-electron chi connectivity index (χ2n) is 9.36. The maximum atomic E-state index is 15.0. The summed E-state index contributed by atoms with van der Waals surface area (Å²) in [5.41, 5.74) is 2.31. The predicted octanol–water partition coefficient (Wildman–Crippen LogP) is 3.86. The number of benzene rings is 1. The third-order valence-corrected chi connectivity index (χ3v) is 6.60. The first kappa shape index (κ1) is 22.0. The number of likely N-dealkylation sites (tertiary alicyclic amines) is 1. The molecule has 182 valence electrons. The van der Waals surface area contributed by atoms with Crippen LogP contribution < -0.4 is 14.2 Å². The fraction of sp³-hybridized carbons (Fsp3) is 0.400. The average Bonchev–Trinajstić information content (AvgIpc) is 3.19. The quantitative estimate of drug-likeness (QED) is 0.381. The number of aromatic amines is 1. The molecule has 4 aromatic rings. The van der Waals surface area contributed by atoms with Gasteiger partial charge in [-0.2, -0.15) is 0 Å². The topological polar surface area (TPSA) is 94.6 Å². The molecule has 0 saturated carbocycles. The van der Waals surface area contributed by atoms with Crippen molar-refractivity contribution in [3.8, 4) is 23.1 Å². The van der Waals surface area contributed by atoms with E-state index in [1.54, 1.807) is 25.3 Å². The third kappa shape index (κ3) is 4.02.